The lowest BCUT2D eigenvalue weighted by Gasteiger charge is -2.26. The van der Waals surface area contributed by atoms with Crippen molar-refractivity contribution in [3.63, 3.8) is 0 Å². The van der Waals surface area contributed by atoms with Crippen LogP contribution in [-0.2, 0) is 4.74 Å². The number of rotatable bonds is 5. The summed E-state index contributed by atoms with van der Waals surface area (Å²) in [5.74, 6) is 0.579. The number of hydrogen-bond donors (Lipinski definition) is 2. The van der Waals surface area contributed by atoms with E-state index in [9.17, 15) is 4.79 Å². The van der Waals surface area contributed by atoms with Gasteiger partial charge in [-0.15, -0.1) is 0 Å². The van der Waals surface area contributed by atoms with E-state index < -0.39 is 0 Å². The maximum absolute atomic E-state index is 11.8. The van der Waals surface area contributed by atoms with Gasteiger partial charge in [0.1, 0.15) is 5.75 Å². The summed E-state index contributed by atoms with van der Waals surface area (Å²) in [5, 5.41) is 6.02. The summed E-state index contributed by atoms with van der Waals surface area (Å²) < 4.78 is 10.3. The molecule has 116 valence electrons. The monoisotopic (exact) mass is 313 g/mol. The Morgan fingerprint density at radius 1 is 1.43 bits per heavy atom. The van der Waals surface area contributed by atoms with Gasteiger partial charge in [-0.3, -0.25) is 4.90 Å². The average Bonchev–Trinajstić information content (AvgIpc) is 2.48. The van der Waals surface area contributed by atoms with Crippen LogP contribution < -0.4 is 15.4 Å². The smallest absolute Gasteiger partial charge is 0.319 e. The number of halogens is 1. The summed E-state index contributed by atoms with van der Waals surface area (Å²) in [6.45, 7) is 4.76. The summed E-state index contributed by atoms with van der Waals surface area (Å²) in [5.41, 5.74) is 0.629. The number of nitrogens with one attached hydrogen (secondary N) is 2. The summed E-state index contributed by atoms with van der Waals surface area (Å²) in [7, 11) is 1.55. The lowest BCUT2D eigenvalue weighted by atomic mass is 10.3. The van der Waals surface area contributed by atoms with Crippen LogP contribution in [0.25, 0.3) is 0 Å². The maximum atomic E-state index is 11.8. The number of ether oxygens (including phenoxy) is 2. The Morgan fingerprint density at radius 3 is 2.86 bits per heavy atom. The van der Waals surface area contributed by atoms with Crippen LogP contribution in [0.4, 0.5) is 10.5 Å². The number of benzene rings is 1. The first-order valence-electron chi connectivity index (χ1n) is 6.87. The Hall–Kier alpha value is -1.50. The van der Waals surface area contributed by atoms with Gasteiger partial charge in [-0.05, 0) is 18.2 Å². The molecule has 0 bridgehead atoms. The van der Waals surface area contributed by atoms with Crippen LogP contribution in [0.1, 0.15) is 0 Å². The van der Waals surface area contributed by atoms with Gasteiger partial charge in [-0.1, -0.05) is 11.6 Å². The summed E-state index contributed by atoms with van der Waals surface area (Å²) >= 11 is 6.00. The van der Waals surface area contributed by atoms with Crippen LogP contribution in [0, 0.1) is 0 Å². The fraction of sp³-hybridized carbons (Fsp3) is 0.500. The van der Waals surface area contributed by atoms with Crippen LogP contribution in [0.5, 0.6) is 5.75 Å². The van der Waals surface area contributed by atoms with Gasteiger partial charge in [-0.2, -0.15) is 0 Å². The van der Waals surface area contributed by atoms with E-state index in [1.54, 1.807) is 25.3 Å². The predicted octanol–water partition coefficient (Wildman–Crippen LogP) is 1.80. The van der Waals surface area contributed by atoms with Crippen LogP contribution in [0.2, 0.25) is 5.02 Å². The molecule has 0 aromatic heterocycles. The van der Waals surface area contributed by atoms with Gasteiger partial charge < -0.3 is 20.1 Å². The topological polar surface area (TPSA) is 62.8 Å². The Balaban J connectivity index is 1.72. The van der Waals surface area contributed by atoms with Crippen molar-refractivity contribution in [2.24, 2.45) is 0 Å². The third-order valence-electron chi connectivity index (χ3n) is 3.23. The van der Waals surface area contributed by atoms with Crippen LogP contribution in [-0.4, -0.2) is 57.4 Å². The average molecular weight is 314 g/mol. The van der Waals surface area contributed by atoms with Crippen molar-refractivity contribution < 1.29 is 14.3 Å². The molecule has 2 amide bonds. The van der Waals surface area contributed by atoms with Crippen LogP contribution in [0.3, 0.4) is 0 Å². The predicted molar refractivity (Wildman–Crippen MR) is 82.3 cm³/mol. The van der Waals surface area contributed by atoms with Gasteiger partial charge in [0.25, 0.3) is 0 Å². The molecule has 1 heterocycles. The number of urea groups is 1. The standard InChI is InChI=1S/C14H20ClN3O3/c1-20-13-3-2-11(10-12(13)15)17-14(19)16-4-5-18-6-8-21-9-7-18/h2-3,10H,4-9H2,1H3,(H2,16,17,19). The molecule has 1 fully saturated rings. The van der Waals surface area contributed by atoms with Gasteiger partial charge >= 0.3 is 6.03 Å². The molecule has 1 aromatic rings. The molecule has 1 aliphatic rings. The second kappa shape index (κ2) is 8.07. The molecule has 2 N–H and O–H groups in total. The molecule has 1 saturated heterocycles. The normalized spacial score (nSPS) is 15.5. The summed E-state index contributed by atoms with van der Waals surface area (Å²) in [6, 6.07) is 4.87. The first-order valence-corrected chi connectivity index (χ1v) is 7.25. The van der Waals surface area contributed by atoms with Gasteiger partial charge in [-0.25, -0.2) is 4.79 Å². The van der Waals surface area contributed by atoms with Gasteiger partial charge in [0.05, 0.1) is 25.3 Å². The van der Waals surface area contributed by atoms with Crippen molar-refractivity contribution in [2.75, 3.05) is 51.8 Å². The minimum Gasteiger partial charge on any atom is -0.495 e. The molecule has 0 spiro atoms. The van der Waals surface area contributed by atoms with E-state index in [4.69, 9.17) is 21.1 Å². The minimum absolute atomic E-state index is 0.246. The number of amides is 2. The second-order valence-electron chi connectivity index (χ2n) is 4.68. The molecule has 6 nitrogen and oxygen atoms in total. The lowest BCUT2D eigenvalue weighted by Crippen LogP contribution is -2.42. The molecule has 0 unspecified atom stereocenters. The molecule has 0 aliphatic carbocycles. The molecule has 2 rings (SSSR count). The zero-order valence-electron chi connectivity index (χ0n) is 12.0. The quantitative estimate of drug-likeness (QED) is 0.870. The zero-order valence-corrected chi connectivity index (χ0v) is 12.8. The van der Waals surface area contributed by atoms with E-state index in [0.717, 1.165) is 32.8 Å². The van der Waals surface area contributed by atoms with Crippen molar-refractivity contribution in [3.05, 3.63) is 23.2 Å². The number of nitrogens with zero attached hydrogens (tertiary/aromatic N) is 1. The van der Waals surface area contributed by atoms with Gasteiger partial charge in [0.15, 0.2) is 0 Å². The van der Waals surface area contributed by atoms with Crippen LogP contribution in [0.15, 0.2) is 18.2 Å². The number of hydrogen-bond acceptors (Lipinski definition) is 4. The van der Waals surface area contributed by atoms with E-state index >= 15 is 0 Å². The molecular weight excluding hydrogens is 294 g/mol. The van der Waals surface area contributed by atoms with Crippen molar-refractivity contribution in [3.8, 4) is 5.75 Å². The highest BCUT2D eigenvalue weighted by Crippen LogP contribution is 2.27. The van der Waals surface area contributed by atoms with Crippen molar-refractivity contribution in [1.82, 2.24) is 10.2 Å². The van der Waals surface area contributed by atoms with E-state index in [-0.39, 0.29) is 6.03 Å². The zero-order chi connectivity index (χ0) is 15.1. The first-order chi connectivity index (χ1) is 10.2. The third-order valence-corrected chi connectivity index (χ3v) is 3.52. The minimum atomic E-state index is -0.246. The van der Waals surface area contributed by atoms with E-state index in [2.05, 4.69) is 15.5 Å². The number of carbonyl (C=O) groups excluding carboxylic acids is 1. The molecule has 1 aromatic carbocycles. The molecule has 21 heavy (non-hydrogen) atoms. The second-order valence-corrected chi connectivity index (χ2v) is 5.09. The fourth-order valence-corrected chi connectivity index (χ4v) is 2.33. The molecule has 0 saturated carbocycles. The Bertz CT molecular complexity index is 479. The molecule has 7 heteroatoms. The highest BCUT2D eigenvalue weighted by atomic mass is 35.5. The Kier molecular flexibility index (Phi) is 6.10. The van der Waals surface area contributed by atoms with E-state index in [1.165, 1.54) is 0 Å². The third kappa shape index (κ3) is 5.08. The Labute approximate surface area is 129 Å². The molecule has 0 radical (unpaired) electrons. The van der Waals surface area contributed by atoms with Crippen molar-refractivity contribution in [2.45, 2.75) is 0 Å². The SMILES string of the molecule is COc1ccc(NC(=O)NCCN2CCOCC2)cc1Cl. The Morgan fingerprint density at radius 2 is 2.19 bits per heavy atom. The highest BCUT2D eigenvalue weighted by Gasteiger charge is 2.10. The van der Waals surface area contributed by atoms with E-state index in [0.29, 0.717) is 23.0 Å². The van der Waals surface area contributed by atoms with Crippen molar-refractivity contribution >= 4 is 23.3 Å². The summed E-state index contributed by atoms with van der Waals surface area (Å²) in [4.78, 5) is 14.0. The van der Waals surface area contributed by atoms with Gasteiger partial charge in [0, 0.05) is 31.9 Å². The van der Waals surface area contributed by atoms with E-state index in [1.807, 2.05) is 0 Å². The summed E-state index contributed by atoms with van der Waals surface area (Å²) in [6.07, 6.45) is 0. The number of methoxy groups -OCH3 is 1. The number of morpholine rings is 1. The number of carbonyl (C=O) groups is 1. The first kappa shape index (κ1) is 15.9. The highest BCUT2D eigenvalue weighted by molar-refractivity contribution is 6.32. The number of anilines is 1. The molecule has 1 aliphatic heterocycles. The van der Waals surface area contributed by atoms with Crippen molar-refractivity contribution in [1.29, 1.82) is 0 Å². The largest absolute Gasteiger partial charge is 0.495 e. The van der Waals surface area contributed by atoms with Gasteiger partial charge in [0.2, 0.25) is 0 Å². The molecular formula is C14H20ClN3O3. The van der Waals surface area contributed by atoms with Crippen LogP contribution >= 0.6 is 11.6 Å². The lowest BCUT2D eigenvalue weighted by molar-refractivity contribution is 0.0388. The maximum Gasteiger partial charge on any atom is 0.319 e. The molecule has 0 atom stereocenters. The fourth-order valence-electron chi connectivity index (χ4n) is 2.07.